The second-order valence-electron chi connectivity index (χ2n) is 4.04. The van der Waals surface area contributed by atoms with Gasteiger partial charge in [0.25, 0.3) is 0 Å². The molecule has 0 radical (unpaired) electrons. The summed E-state index contributed by atoms with van der Waals surface area (Å²) in [5, 5.41) is 8.95. The van der Waals surface area contributed by atoms with E-state index in [0.29, 0.717) is 17.6 Å². The maximum atomic E-state index is 10.4. The molecule has 0 aliphatic rings. The Morgan fingerprint density at radius 1 is 1.36 bits per heavy atom. The molecule has 4 heteroatoms. The molecule has 0 aromatic heterocycles. The fourth-order valence-corrected chi connectivity index (χ4v) is 1.36. The molecule has 0 saturated heterocycles. The van der Waals surface area contributed by atoms with Gasteiger partial charge in [0.1, 0.15) is 6.04 Å². The van der Waals surface area contributed by atoms with E-state index in [1.165, 1.54) is 0 Å². The smallest absolute Gasteiger partial charge is 0.320 e. The molecule has 0 saturated carbocycles. The third-order valence-corrected chi connectivity index (χ3v) is 3.21. The molecule has 0 aromatic carbocycles. The standard InChI is InChI=1S/C10H21NO2S/c1-7(2)9(14)6-4-3-5-8(11)10(12)13/h7-9,14H,3-6,11H2,1-2H3,(H,12,13). The number of hydrogen-bond donors (Lipinski definition) is 3. The van der Waals surface area contributed by atoms with Crippen molar-refractivity contribution in [3.63, 3.8) is 0 Å². The van der Waals surface area contributed by atoms with Gasteiger partial charge in [-0.05, 0) is 18.8 Å². The summed E-state index contributed by atoms with van der Waals surface area (Å²) in [7, 11) is 0. The number of carbonyl (C=O) groups is 1. The topological polar surface area (TPSA) is 63.3 Å². The molecule has 2 atom stereocenters. The number of carboxylic acids is 1. The summed E-state index contributed by atoms with van der Waals surface area (Å²) in [5.74, 6) is -0.331. The Labute approximate surface area is 91.5 Å². The molecular weight excluding hydrogens is 198 g/mol. The predicted octanol–water partition coefficient (Wildman–Crippen LogP) is 1.91. The predicted molar refractivity (Wildman–Crippen MR) is 61.7 cm³/mol. The lowest BCUT2D eigenvalue weighted by Crippen LogP contribution is -2.29. The monoisotopic (exact) mass is 219 g/mol. The summed E-state index contributed by atoms with van der Waals surface area (Å²) in [6.07, 6.45) is 3.48. The van der Waals surface area contributed by atoms with Crippen LogP contribution in [0.4, 0.5) is 0 Å². The van der Waals surface area contributed by atoms with Gasteiger partial charge in [0.15, 0.2) is 0 Å². The lowest BCUT2D eigenvalue weighted by Gasteiger charge is -2.14. The van der Waals surface area contributed by atoms with E-state index in [9.17, 15) is 4.79 Å². The van der Waals surface area contributed by atoms with Crippen LogP contribution in [0.25, 0.3) is 0 Å². The lowest BCUT2D eigenvalue weighted by molar-refractivity contribution is -0.138. The van der Waals surface area contributed by atoms with E-state index in [2.05, 4.69) is 26.5 Å². The Kier molecular flexibility index (Phi) is 7.01. The molecule has 0 bridgehead atoms. The normalized spacial score (nSPS) is 15.5. The summed E-state index contributed by atoms with van der Waals surface area (Å²) in [4.78, 5) is 10.4. The van der Waals surface area contributed by atoms with Crippen molar-refractivity contribution in [1.29, 1.82) is 0 Å². The number of hydrogen-bond acceptors (Lipinski definition) is 3. The van der Waals surface area contributed by atoms with Gasteiger partial charge in [-0.2, -0.15) is 12.6 Å². The Balaban J connectivity index is 3.42. The van der Waals surface area contributed by atoms with Gasteiger partial charge in [-0.1, -0.05) is 26.7 Å². The summed E-state index contributed by atoms with van der Waals surface area (Å²) in [6.45, 7) is 4.28. The molecule has 3 N–H and O–H groups in total. The molecule has 0 aromatic rings. The zero-order chi connectivity index (χ0) is 11.1. The van der Waals surface area contributed by atoms with E-state index in [0.717, 1.165) is 19.3 Å². The highest BCUT2D eigenvalue weighted by molar-refractivity contribution is 7.81. The second kappa shape index (κ2) is 7.12. The summed E-state index contributed by atoms with van der Waals surface area (Å²) < 4.78 is 0. The second-order valence-corrected chi connectivity index (χ2v) is 4.70. The van der Waals surface area contributed by atoms with E-state index < -0.39 is 12.0 Å². The molecule has 84 valence electrons. The minimum absolute atomic E-state index is 0.413. The lowest BCUT2D eigenvalue weighted by atomic mass is 10.0. The van der Waals surface area contributed by atoms with Crippen molar-refractivity contribution in [1.82, 2.24) is 0 Å². The molecule has 0 aliphatic carbocycles. The summed E-state index contributed by atoms with van der Waals surface area (Å²) in [5.41, 5.74) is 5.37. The molecule has 0 heterocycles. The highest BCUT2D eigenvalue weighted by atomic mass is 32.1. The minimum atomic E-state index is -0.906. The van der Waals surface area contributed by atoms with Crippen LogP contribution in [0.5, 0.6) is 0 Å². The molecule has 0 aliphatic heterocycles. The fourth-order valence-electron chi connectivity index (χ4n) is 1.17. The van der Waals surface area contributed by atoms with Crippen LogP contribution in [0.15, 0.2) is 0 Å². The van der Waals surface area contributed by atoms with Crippen LogP contribution in [0, 0.1) is 5.92 Å². The van der Waals surface area contributed by atoms with Crippen LogP contribution >= 0.6 is 12.6 Å². The molecule has 0 amide bonds. The number of carboxylic acid groups (broad SMARTS) is 1. The third-order valence-electron chi connectivity index (χ3n) is 2.35. The highest BCUT2D eigenvalue weighted by Gasteiger charge is 2.11. The number of thiol groups is 1. The Morgan fingerprint density at radius 2 is 1.86 bits per heavy atom. The minimum Gasteiger partial charge on any atom is -0.480 e. The molecule has 0 spiro atoms. The SMILES string of the molecule is CC(C)C(S)CCCCC(N)C(=O)O. The Bertz CT molecular complexity index is 174. The number of unbranched alkanes of at least 4 members (excludes halogenated alkanes) is 1. The first-order valence-electron chi connectivity index (χ1n) is 5.11. The van der Waals surface area contributed by atoms with Gasteiger partial charge < -0.3 is 10.8 Å². The van der Waals surface area contributed by atoms with Crippen molar-refractivity contribution in [3.8, 4) is 0 Å². The number of nitrogens with two attached hydrogens (primary N) is 1. The van der Waals surface area contributed by atoms with Gasteiger partial charge in [-0.25, -0.2) is 0 Å². The van der Waals surface area contributed by atoms with Gasteiger partial charge in [0, 0.05) is 5.25 Å². The Hall–Kier alpha value is -0.220. The number of rotatable bonds is 7. The van der Waals surface area contributed by atoms with Crippen molar-refractivity contribution in [2.45, 2.75) is 50.8 Å². The van der Waals surface area contributed by atoms with E-state index in [1.54, 1.807) is 0 Å². The van der Waals surface area contributed by atoms with Gasteiger partial charge >= 0.3 is 5.97 Å². The maximum Gasteiger partial charge on any atom is 0.320 e. The quantitative estimate of drug-likeness (QED) is 0.453. The van der Waals surface area contributed by atoms with Crippen molar-refractivity contribution in [3.05, 3.63) is 0 Å². The van der Waals surface area contributed by atoms with Gasteiger partial charge in [0.2, 0.25) is 0 Å². The van der Waals surface area contributed by atoms with Crippen LogP contribution < -0.4 is 5.73 Å². The van der Waals surface area contributed by atoms with Crippen LogP contribution in [0.1, 0.15) is 39.5 Å². The molecule has 2 unspecified atom stereocenters. The van der Waals surface area contributed by atoms with Gasteiger partial charge in [-0.3, -0.25) is 4.79 Å². The van der Waals surface area contributed by atoms with Crippen LogP contribution in [-0.2, 0) is 4.79 Å². The van der Waals surface area contributed by atoms with Gasteiger partial charge in [-0.15, -0.1) is 0 Å². The van der Waals surface area contributed by atoms with Gasteiger partial charge in [0.05, 0.1) is 0 Å². The summed E-state index contributed by atoms with van der Waals surface area (Å²) >= 11 is 4.44. The molecule has 0 rings (SSSR count). The summed E-state index contributed by atoms with van der Waals surface area (Å²) in [6, 6.07) is -0.701. The molecule has 0 fully saturated rings. The largest absolute Gasteiger partial charge is 0.480 e. The molecular formula is C10H21NO2S. The van der Waals surface area contributed by atoms with Crippen molar-refractivity contribution in [2.75, 3.05) is 0 Å². The first kappa shape index (κ1) is 13.8. The molecule has 14 heavy (non-hydrogen) atoms. The van der Waals surface area contributed by atoms with E-state index in [1.807, 2.05) is 0 Å². The van der Waals surface area contributed by atoms with Crippen LogP contribution in [-0.4, -0.2) is 22.4 Å². The average Bonchev–Trinajstić information content (AvgIpc) is 2.11. The first-order chi connectivity index (χ1) is 6.45. The van der Waals surface area contributed by atoms with E-state index in [-0.39, 0.29) is 0 Å². The zero-order valence-electron chi connectivity index (χ0n) is 8.94. The van der Waals surface area contributed by atoms with Crippen LogP contribution in [0.3, 0.4) is 0 Å². The average molecular weight is 219 g/mol. The maximum absolute atomic E-state index is 10.4. The van der Waals surface area contributed by atoms with Crippen LogP contribution in [0.2, 0.25) is 0 Å². The van der Waals surface area contributed by atoms with Crippen molar-refractivity contribution >= 4 is 18.6 Å². The highest BCUT2D eigenvalue weighted by Crippen LogP contribution is 2.16. The zero-order valence-corrected chi connectivity index (χ0v) is 9.83. The molecule has 3 nitrogen and oxygen atoms in total. The first-order valence-corrected chi connectivity index (χ1v) is 5.63. The number of aliphatic carboxylic acids is 1. The fraction of sp³-hybridized carbons (Fsp3) is 0.900. The van der Waals surface area contributed by atoms with Crippen molar-refractivity contribution in [2.24, 2.45) is 11.7 Å². The third kappa shape index (κ3) is 6.27. The van der Waals surface area contributed by atoms with E-state index in [4.69, 9.17) is 10.8 Å². The van der Waals surface area contributed by atoms with Crippen molar-refractivity contribution < 1.29 is 9.90 Å². The Morgan fingerprint density at radius 3 is 2.29 bits per heavy atom. The van der Waals surface area contributed by atoms with E-state index >= 15 is 0 Å².